The van der Waals surface area contributed by atoms with Gasteiger partial charge in [0.05, 0.1) is 35.6 Å². The van der Waals surface area contributed by atoms with E-state index in [1.165, 1.54) is 0 Å². The zero-order chi connectivity index (χ0) is 24.5. The van der Waals surface area contributed by atoms with Crippen molar-refractivity contribution in [2.24, 2.45) is 24.8 Å². The molecule has 2 saturated carbocycles. The first kappa shape index (κ1) is 23.2. The van der Waals surface area contributed by atoms with E-state index in [2.05, 4.69) is 25.8 Å². The number of carbonyl (C=O) groups is 1. The average Bonchev–Trinajstić information content (AvgIpc) is 3.58. The number of fused-ring (bicyclic) bond motifs is 1. The highest BCUT2D eigenvalue weighted by molar-refractivity contribution is 5.71. The lowest BCUT2D eigenvalue weighted by Gasteiger charge is -2.18. The van der Waals surface area contributed by atoms with Crippen LogP contribution in [0.4, 0.5) is 5.95 Å². The van der Waals surface area contributed by atoms with Crippen molar-refractivity contribution in [2.45, 2.75) is 51.9 Å². The largest absolute Gasteiger partial charge is 0.489 e. The smallest absolute Gasteiger partial charge is 0.306 e. The van der Waals surface area contributed by atoms with E-state index in [0.717, 1.165) is 37.1 Å². The fourth-order valence-electron chi connectivity index (χ4n) is 5.37. The molecule has 2 N–H and O–H groups in total. The van der Waals surface area contributed by atoms with Crippen LogP contribution >= 0.6 is 0 Å². The van der Waals surface area contributed by atoms with Crippen molar-refractivity contribution in [3.63, 3.8) is 0 Å². The van der Waals surface area contributed by atoms with E-state index < -0.39 is 5.97 Å². The molecule has 0 saturated heterocycles. The van der Waals surface area contributed by atoms with Crippen molar-refractivity contribution in [1.29, 1.82) is 0 Å². The number of aliphatic carboxylic acids is 1. The molecule has 5 rings (SSSR count). The Labute approximate surface area is 202 Å². The van der Waals surface area contributed by atoms with Crippen LogP contribution in [0.5, 0.6) is 5.75 Å². The van der Waals surface area contributed by atoms with Crippen LogP contribution in [-0.4, -0.2) is 54.4 Å². The Morgan fingerprint density at radius 3 is 2.91 bits per heavy atom. The summed E-state index contributed by atoms with van der Waals surface area (Å²) in [5.74, 6) is 1.19. The molecule has 2 aliphatic carbocycles. The van der Waals surface area contributed by atoms with Gasteiger partial charge >= 0.3 is 5.97 Å². The molecule has 0 bridgehead atoms. The van der Waals surface area contributed by atoms with Crippen LogP contribution in [-0.2, 0) is 29.7 Å². The Morgan fingerprint density at radius 1 is 1.29 bits per heavy atom. The lowest BCUT2D eigenvalue weighted by molar-refractivity contribution is -0.143. The number of aromatic nitrogens is 6. The van der Waals surface area contributed by atoms with Gasteiger partial charge in [-0.15, -0.1) is 5.10 Å². The van der Waals surface area contributed by atoms with Crippen molar-refractivity contribution < 1.29 is 23.9 Å². The van der Waals surface area contributed by atoms with Crippen molar-refractivity contribution in [3.8, 4) is 17.1 Å². The minimum Gasteiger partial charge on any atom is -0.489 e. The molecular weight excluding hydrogens is 454 g/mol. The molecule has 4 atom stereocenters. The van der Waals surface area contributed by atoms with E-state index >= 15 is 0 Å². The molecule has 3 aromatic heterocycles. The molecule has 4 unspecified atom stereocenters. The lowest BCUT2D eigenvalue weighted by atomic mass is 9.92. The summed E-state index contributed by atoms with van der Waals surface area (Å²) in [6.45, 7) is 2.52. The topological polar surface area (TPSA) is 150 Å². The van der Waals surface area contributed by atoms with Gasteiger partial charge in [0, 0.05) is 14.2 Å². The molecule has 0 spiro atoms. The number of hydrogen-bond acceptors (Lipinski definition) is 10. The number of carboxylic acid groups (broad SMARTS) is 1. The number of anilines is 1. The zero-order valence-corrected chi connectivity index (χ0v) is 20.0. The van der Waals surface area contributed by atoms with Gasteiger partial charge in [0.2, 0.25) is 0 Å². The van der Waals surface area contributed by atoms with Crippen LogP contribution in [0.3, 0.4) is 0 Å². The summed E-state index contributed by atoms with van der Waals surface area (Å²) >= 11 is 0. The molecule has 2 aliphatic rings. The molecule has 0 amide bonds. The van der Waals surface area contributed by atoms with Gasteiger partial charge in [0.25, 0.3) is 11.8 Å². The first-order valence-electron chi connectivity index (χ1n) is 11.7. The maximum atomic E-state index is 11.5. The molecule has 12 heteroatoms. The quantitative estimate of drug-likeness (QED) is 0.462. The fourth-order valence-corrected chi connectivity index (χ4v) is 5.37. The summed E-state index contributed by atoms with van der Waals surface area (Å²) in [5.41, 5.74) is 2.89. The number of aryl methyl sites for hydroxylation is 2. The van der Waals surface area contributed by atoms with Crippen LogP contribution in [0.1, 0.15) is 43.0 Å². The second-order valence-electron chi connectivity index (χ2n) is 9.24. The highest BCUT2D eigenvalue weighted by Gasteiger charge is 2.47. The Bertz CT molecular complexity index is 1210. The van der Waals surface area contributed by atoms with E-state index in [0.29, 0.717) is 41.4 Å². The van der Waals surface area contributed by atoms with E-state index in [1.807, 2.05) is 26.1 Å². The fraction of sp³-hybridized carbons (Fsp3) is 0.565. The van der Waals surface area contributed by atoms with E-state index in [1.54, 1.807) is 11.8 Å². The molecule has 0 aliphatic heterocycles. The monoisotopic (exact) mass is 483 g/mol. The van der Waals surface area contributed by atoms with Gasteiger partial charge in [-0.3, -0.25) is 4.79 Å². The third-order valence-electron chi connectivity index (χ3n) is 7.05. The van der Waals surface area contributed by atoms with Crippen molar-refractivity contribution in [3.05, 3.63) is 29.4 Å². The first-order valence-corrected chi connectivity index (χ1v) is 11.7. The lowest BCUT2D eigenvalue weighted by Crippen LogP contribution is -2.21. The Hall–Kier alpha value is -3.54. The minimum absolute atomic E-state index is 0.0211. The summed E-state index contributed by atoms with van der Waals surface area (Å²) in [6.07, 6.45) is 3.46. The van der Waals surface area contributed by atoms with Gasteiger partial charge in [0.1, 0.15) is 18.1 Å². The van der Waals surface area contributed by atoms with Gasteiger partial charge in [-0.25, -0.2) is 9.67 Å². The van der Waals surface area contributed by atoms with Gasteiger partial charge in [-0.2, -0.15) is 4.98 Å². The van der Waals surface area contributed by atoms with Crippen molar-refractivity contribution in [2.75, 3.05) is 12.4 Å². The number of rotatable bonds is 9. The standard InChI is InChI=1S/C23H29N7O5/c1-12-19(34-14-8-13-4-5-15(22(31)32)16(13)9-14)7-6-17(25-12)21-18(30(2)29-27-21)10-24-23-26-20(11-33-3)35-28-23/h6-7,13-16H,4-5,8-11H2,1-3H3,(H,24,28)(H,31,32). The van der Waals surface area contributed by atoms with E-state index in [4.69, 9.17) is 19.0 Å². The number of nitrogens with one attached hydrogen (secondary N) is 1. The van der Waals surface area contributed by atoms with E-state index in [-0.39, 0.29) is 24.5 Å². The molecule has 0 radical (unpaired) electrons. The van der Waals surface area contributed by atoms with Gasteiger partial charge in [0.15, 0.2) is 0 Å². The number of carboxylic acids is 1. The summed E-state index contributed by atoms with van der Waals surface area (Å²) < 4.78 is 18.1. The normalized spacial score (nSPS) is 23.4. The third kappa shape index (κ3) is 4.70. The maximum absolute atomic E-state index is 11.5. The number of ether oxygens (including phenoxy) is 2. The highest BCUT2D eigenvalue weighted by Crippen LogP contribution is 2.48. The van der Waals surface area contributed by atoms with Crippen molar-refractivity contribution in [1.82, 2.24) is 30.1 Å². The predicted molar refractivity (Wildman–Crippen MR) is 122 cm³/mol. The minimum atomic E-state index is -0.677. The molecule has 35 heavy (non-hydrogen) atoms. The highest BCUT2D eigenvalue weighted by atomic mass is 16.5. The molecule has 12 nitrogen and oxygen atoms in total. The van der Waals surface area contributed by atoms with Crippen LogP contribution in [0.15, 0.2) is 16.7 Å². The molecular formula is C23H29N7O5. The summed E-state index contributed by atoms with van der Waals surface area (Å²) in [5, 5.41) is 24.9. The summed E-state index contributed by atoms with van der Waals surface area (Å²) in [7, 11) is 3.37. The summed E-state index contributed by atoms with van der Waals surface area (Å²) in [6, 6.07) is 3.78. The van der Waals surface area contributed by atoms with Crippen LogP contribution in [0, 0.1) is 24.7 Å². The van der Waals surface area contributed by atoms with Gasteiger partial charge < -0.3 is 24.4 Å². The summed E-state index contributed by atoms with van der Waals surface area (Å²) in [4.78, 5) is 20.5. The Morgan fingerprint density at radius 2 is 2.14 bits per heavy atom. The van der Waals surface area contributed by atoms with Gasteiger partial charge in [-0.05, 0) is 61.7 Å². The second-order valence-corrected chi connectivity index (χ2v) is 9.24. The first-order chi connectivity index (χ1) is 16.9. The SMILES string of the molecule is COCc1nc(NCc2c(-c3ccc(OC4CC5CCC(C(=O)O)C5C4)c(C)n3)nnn2C)no1. The van der Waals surface area contributed by atoms with Gasteiger partial charge in [-0.1, -0.05) is 5.21 Å². The second kappa shape index (κ2) is 9.61. The third-order valence-corrected chi connectivity index (χ3v) is 7.05. The number of pyridine rings is 1. The Kier molecular flexibility index (Phi) is 6.37. The van der Waals surface area contributed by atoms with Crippen molar-refractivity contribution >= 4 is 11.9 Å². The van der Waals surface area contributed by atoms with E-state index in [9.17, 15) is 9.90 Å². The molecule has 0 aromatic carbocycles. The maximum Gasteiger partial charge on any atom is 0.306 e. The molecule has 186 valence electrons. The number of nitrogens with zero attached hydrogens (tertiary/aromatic N) is 6. The average molecular weight is 484 g/mol. The number of hydrogen-bond donors (Lipinski definition) is 2. The predicted octanol–water partition coefficient (Wildman–Crippen LogP) is 2.60. The van der Waals surface area contributed by atoms with Crippen LogP contribution in [0.25, 0.3) is 11.4 Å². The number of methoxy groups -OCH3 is 1. The molecule has 3 heterocycles. The zero-order valence-electron chi connectivity index (χ0n) is 20.0. The molecule has 3 aromatic rings. The van der Waals surface area contributed by atoms with Crippen LogP contribution < -0.4 is 10.1 Å². The Balaban J connectivity index is 1.26. The molecule has 2 fully saturated rings. The van der Waals surface area contributed by atoms with Crippen LogP contribution in [0.2, 0.25) is 0 Å².